The normalized spacial score (nSPS) is 10.5. The molecule has 0 spiro atoms. The van der Waals surface area contributed by atoms with Crippen molar-refractivity contribution < 1.29 is 4.79 Å². The lowest BCUT2D eigenvalue weighted by Crippen LogP contribution is -1.99. The van der Waals surface area contributed by atoms with Crippen molar-refractivity contribution in [1.29, 1.82) is 0 Å². The summed E-state index contributed by atoms with van der Waals surface area (Å²) in [5, 5.41) is 0.234. The molecule has 0 bridgehead atoms. The summed E-state index contributed by atoms with van der Waals surface area (Å²) in [4.78, 5) is 11.4. The lowest BCUT2D eigenvalue weighted by Gasteiger charge is -2.15. The predicted molar refractivity (Wildman–Crippen MR) is 73.0 cm³/mol. The van der Waals surface area contributed by atoms with Crippen LogP contribution in [0.4, 0.5) is 0 Å². The van der Waals surface area contributed by atoms with Crippen LogP contribution in [0.1, 0.15) is 23.3 Å². The molecule has 86 valence electrons. The van der Waals surface area contributed by atoms with Gasteiger partial charge >= 0.3 is 0 Å². The molecule has 0 saturated carbocycles. The van der Waals surface area contributed by atoms with E-state index in [2.05, 4.69) is 24.3 Å². The second-order valence-electron chi connectivity index (χ2n) is 3.81. The number of rotatable bonds is 3. The van der Waals surface area contributed by atoms with Gasteiger partial charge in [0.1, 0.15) is 0 Å². The molecule has 0 radical (unpaired) electrons. The van der Waals surface area contributed by atoms with Crippen LogP contribution in [-0.2, 0) is 4.79 Å². The fraction of sp³-hybridized carbons (Fsp3) is 0.133. The number of hydrogen-bond acceptors (Lipinski definition) is 2. The molecule has 0 aromatic heterocycles. The van der Waals surface area contributed by atoms with Crippen LogP contribution in [0.3, 0.4) is 0 Å². The fourth-order valence-electron chi connectivity index (χ4n) is 1.75. The molecule has 0 aliphatic rings. The zero-order valence-electron chi connectivity index (χ0n) is 9.67. The molecule has 0 aliphatic heterocycles. The summed E-state index contributed by atoms with van der Waals surface area (Å²) in [6, 6.07) is 20.3. The topological polar surface area (TPSA) is 17.1 Å². The van der Waals surface area contributed by atoms with Crippen molar-refractivity contribution in [3.63, 3.8) is 0 Å². The van der Waals surface area contributed by atoms with Gasteiger partial charge in [0.15, 0.2) is 5.12 Å². The Balaban J connectivity index is 2.36. The van der Waals surface area contributed by atoms with Crippen LogP contribution in [0.2, 0.25) is 0 Å². The van der Waals surface area contributed by atoms with Gasteiger partial charge in [-0.1, -0.05) is 72.4 Å². The second-order valence-corrected chi connectivity index (χ2v) is 5.09. The third kappa shape index (κ3) is 3.21. The number of hydrogen-bond donors (Lipinski definition) is 0. The molecule has 2 aromatic rings. The summed E-state index contributed by atoms with van der Waals surface area (Å²) in [7, 11) is 0. The van der Waals surface area contributed by atoms with Crippen LogP contribution in [0, 0.1) is 0 Å². The summed E-state index contributed by atoms with van der Waals surface area (Å²) < 4.78 is 0. The van der Waals surface area contributed by atoms with Crippen molar-refractivity contribution >= 4 is 16.9 Å². The molecule has 1 nitrogen and oxygen atoms in total. The van der Waals surface area contributed by atoms with Crippen LogP contribution < -0.4 is 0 Å². The first-order chi connectivity index (χ1) is 8.27. The van der Waals surface area contributed by atoms with Crippen LogP contribution in [0.25, 0.3) is 0 Å². The van der Waals surface area contributed by atoms with Crippen LogP contribution >= 0.6 is 11.8 Å². The zero-order chi connectivity index (χ0) is 12.1. The predicted octanol–water partition coefficient (Wildman–Crippen LogP) is 4.06. The number of thioether (sulfide) groups is 1. The Morgan fingerprint density at radius 1 is 0.882 bits per heavy atom. The third-order valence-corrected chi connectivity index (χ3v) is 3.60. The van der Waals surface area contributed by atoms with Crippen molar-refractivity contribution in [2.75, 3.05) is 0 Å². The summed E-state index contributed by atoms with van der Waals surface area (Å²) in [5.41, 5.74) is 2.33. The highest BCUT2D eigenvalue weighted by molar-refractivity contribution is 8.13. The lowest BCUT2D eigenvalue weighted by molar-refractivity contribution is -0.109. The van der Waals surface area contributed by atoms with Gasteiger partial charge < -0.3 is 0 Å². The highest BCUT2D eigenvalue weighted by Crippen LogP contribution is 2.35. The molecule has 0 fully saturated rings. The minimum absolute atomic E-state index is 0.0925. The maximum Gasteiger partial charge on any atom is 0.186 e. The van der Waals surface area contributed by atoms with Gasteiger partial charge in [-0.15, -0.1) is 0 Å². The highest BCUT2D eigenvalue weighted by Gasteiger charge is 2.16. The third-order valence-electron chi connectivity index (χ3n) is 2.49. The fourth-order valence-corrected chi connectivity index (χ4v) is 2.67. The molecule has 0 unspecified atom stereocenters. The minimum atomic E-state index is 0.0925. The Kier molecular flexibility index (Phi) is 3.99. The van der Waals surface area contributed by atoms with Crippen LogP contribution in [0.15, 0.2) is 60.7 Å². The van der Waals surface area contributed by atoms with Gasteiger partial charge in [0.25, 0.3) is 0 Å². The van der Waals surface area contributed by atoms with E-state index in [-0.39, 0.29) is 10.4 Å². The maximum absolute atomic E-state index is 11.4. The highest BCUT2D eigenvalue weighted by atomic mass is 32.2. The van der Waals surface area contributed by atoms with Crippen molar-refractivity contribution in [1.82, 2.24) is 0 Å². The average Bonchev–Trinajstić information content (AvgIpc) is 2.38. The number of carbonyl (C=O) groups is 1. The van der Waals surface area contributed by atoms with Gasteiger partial charge in [-0.3, -0.25) is 4.79 Å². The molecule has 2 aromatic carbocycles. The van der Waals surface area contributed by atoms with E-state index in [1.165, 1.54) is 22.9 Å². The Hall–Kier alpha value is -1.54. The van der Waals surface area contributed by atoms with Crippen molar-refractivity contribution in [2.24, 2.45) is 0 Å². The first-order valence-electron chi connectivity index (χ1n) is 5.54. The molecule has 17 heavy (non-hydrogen) atoms. The summed E-state index contributed by atoms with van der Waals surface area (Å²) >= 11 is 1.37. The summed E-state index contributed by atoms with van der Waals surface area (Å²) in [6.45, 7) is 1.61. The van der Waals surface area contributed by atoms with Crippen molar-refractivity contribution in [3.05, 3.63) is 71.8 Å². The zero-order valence-corrected chi connectivity index (χ0v) is 10.5. The van der Waals surface area contributed by atoms with Gasteiger partial charge in [-0.25, -0.2) is 0 Å². The molecule has 0 atom stereocenters. The largest absolute Gasteiger partial charge is 0.288 e. The Bertz CT molecular complexity index is 439. The molecule has 2 heteroatoms. The van der Waals surface area contributed by atoms with Crippen molar-refractivity contribution in [2.45, 2.75) is 12.2 Å². The van der Waals surface area contributed by atoms with E-state index in [1.54, 1.807) is 6.92 Å². The maximum atomic E-state index is 11.4. The Morgan fingerprint density at radius 3 is 1.65 bits per heavy atom. The standard InChI is InChI=1S/C15H14OS/c1-12(16)17-15(13-8-4-2-5-9-13)14-10-6-3-7-11-14/h2-11,15H,1H3. The van der Waals surface area contributed by atoms with Crippen LogP contribution in [0.5, 0.6) is 0 Å². The minimum Gasteiger partial charge on any atom is -0.288 e. The molecule has 2 rings (SSSR count). The van der Waals surface area contributed by atoms with Gasteiger partial charge in [-0.2, -0.15) is 0 Å². The molecule has 0 aliphatic carbocycles. The number of benzene rings is 2. The van der Waals surface area contributed by atoms with E-state index in [1.807, 2.05) is 36.4 Å². The van der Waals surface area contributed by atoms with E-state index >= 15 is 0 Å². The summed E-state index contributed by atoms with van der Waals surface area (Å²) in [6.07, 6.45) is 0. The van der Waals surface area contributed by atoms with E-state index in [4.69, 9.17) is 0 Å². The van der Waals surface area contributed by atoms with Gasteiger partial charge in [0, 0.05) is 6.92 Å². The lowest BCUT2D eigenvalue weighted by atomic mass is 10.0. The Labute approximate surface area is 106 Å². The molecular formula is C15H14OS. The van der Waals surface area contributed by atoms with Crippen molar-refractivity contribution in [3.8, 4) is 0 Å². The van der Waals surface area contributed by atoms with E-state index in [0.717, 1.165) is 0 Å². The first-order valence-corrected chi connectivity index (χ1v) is 6.42. The molecular weight excluding hydrogens is 228 g/mol. The monoisotopic (exact) mass is 242 g/mol. The Morgan fingerprint density at radius 2 is 1.29 bits per heavy atom. The molecule has 0 saturated heterocycles. The quantitative estimate of drug-likeness (QED) is 0.807. The number of carbonyl (C=O) groups excluding carboxylic acids is 1. The summed E-state index contributed by atoms with van der Waals surface area (Å²) in [5.74, 6) is 0. The van der Waals surface area contributed by atoms with Crippen LogP contribution in [-0.4, -0.2) is 5.12 Å². The molecule has 0 amide bonds. The van der Waals surface area contributed by atoms with E-state index in [0.29, 0.717) is 0 Å². The molecule has 0 heterocycles. The van der Waals surface area contributed by atoms with Gasteiger partial charge in [-0.05, 0) is 11.1 Å². The average molecular weight is 242 g/mol. The molecule has 0 N–H and O–H groups in total. The van der Waals surface area contributed by atoms with E-state index < -0.39 is 0 Å². The van der Waals surface area contributed by atoms with Gasteiger partial charge in [0.05, 0.1) is 5.25 Å². The van der Waals surface area contributed by atoms with E-state index in [9.17, 15) is 4.79 Å². The van der Waals surface area contributed by atoms with Gasteiger partial charge in [0.2, 0.25) is 0 Å². The second kappa shape index (κ2) is 5.69. The smallest absolute Gasteiger partial charge is 0.186 e. The SMILES string of the molecule is CC(=O)SC(c1ccccc1)c1ccccc1. The first kappa shape index (κ1) is 11.9.